The van der Waals surface area contributed by atoms with Gasteiger partial charge in [0.1, 0.15) is 6.04 Å². The first-order valence-electron chi connectivity index (χ1n) is 13.9. The summed E-state index contributed by atoms with van der Waals surface area (Å²) in [5, 5.41) is 3.56. The fraction of sp³-hybridized carbons (Fsp3) is 0.375. The number of sulfonamides is 1. The van der Waals surface area contributed by atoms with E-state index in [0.29, 0.717) is 17.1 Å². The van der Waals surface area contributed by atoms with Gasteiger partial charge in [-0.25, -0.2) is 8.42 Å². The van der Waals surface area contributed by atoms with Crippen LogP contribution < -0.4 is 9.62 Å². The lowest BCUT2D eigenvalue weighted by atomic mass is 10.0. The Morgan fingerprint density at radius 3 is 2.22 bits per heavy atom. The van der Waals surface area contributed by atoms with E-state index in [-0.39, 0.29) is 43.8 Å². The third kappa shape index (κ3) is 9.33. The van der Waals surface area contributed by atoms with E-state index in [0.717, 1.165) is 23.1 Å². The summed E-state index contributed by atoms with van der Waals surface area (Å²) in [6.45, 7) is 6.07. The molecule has 0 aromatic heterocycles. The standard InChI is InChI=1S/C32H40ClN3O4S/c1-5-25(3)34-32(38)30(22-26-15-7-6-8-16-26)35(23-27-17-10-11-18-28(27)33)31(37)20-13-21-36(41(4,39)40)29-19-12-9-14-24(29)2/h6-12,14-19,25,30H,5,13,20-23H2,1-4H3,(H,34,38)/t25-,30-/m0/s1. The highest BCUT2D eigenvalue weighted by Gasteiger charge is 2.31. The van der Waals surface area contributed by atoms with E-state index in [9.17, 15) is 18.0 Å². The molecule has 0 bridgehead atoms. The molecule has 2 atom stereocenters. The van der Waals surface area contributed by atoms with Gasteiger partial charge in [0, 0.05) is 37.0 Å². The van der Waals surface area contributed by atoms with Gasteiger partial charge in [-0.05, 0) is 55.5 Å². The van der Waals surface area contributed by atoms with E-state index in [1.165, 1.54) is 10.6 Å². The van der Waals surface area contributed by atoms with Gasteiger partial charge in [-0.1, -0.05) is 85.3 Å². The Bertz CT molecular complexity index is 1420. The number of carbonyl (C=O) groups is 2. The zero-order chi connectivity index (χ0) is 30.0. The average molecular weight is 598 g/mol. The van der Waals surface area contributed by atoms with Gasteiger partial charge >= 0.3 is 0 Å². The molecule has 0 heterocycles. The Hall–Kier alpha value is -3.36. The van der Waals surface area contributed by atoms with Crippen molar-refractivity contribution >= 4 is 39.1 Å². The number of halogens is 1. The summed E-state index contributed by atoms with van der Waals surface area (Å²) >= 11 is 6.49. The number of rotatable bonds is 14. The van der Waals surface area contributed by atoms with Gasteiger partial charge in [-0.15, -0.1) is 0 Å². The van der Waals surface area contributed by atoms with Crippen LogP contribution in [-0.2, 0) is 32.6 Å². The summed E-state index contributed by atoms with van der Waals surface area (Å²) in [7, 11) is -3.57. The smallest absolute Gasteiger partial charge is 0.243 e. The molecule has 7 nitrogen and oxygen atoms in total. The second-order valence-electron chi connectivity index (χ2n) is 10.4. The fourth-order valence-corrected chi connectivity index (χ4v) is 5.85. The molecular weight excluding hydrogens is 558 g/mol. The molecule has 0 unspecified atom stereocenters. The van der Waals surface area contributed by atoms with Gasteiger partial charge in [-0.3, -0.25) is 13.9 Å². The van der Waals surface area contributed by atoms with Crippen LogP contribution in [0.25, 0.3) is 0 Å². The molecule has 3 rings (SSSR count). The first kappa shape index (κ1) is 32.2. The van der Waals surface area contributed by atoms with Crippen molar-refractivity contribution in [3.05, 3.63) is 101 Å². The molecule has 1 N–H and O–H groups in total. The molecule has 0 aliphatic rings. The molecule has 0 fully saturated rings. The van der Waals surface area contributed by atoms with Crippen molar-refractivity contribution in [1.29, 1.82) is 0 Å². The highest BCUT2D eigenvalue weighted by atomic mass is 35.5. The molecule has 0 spiro atoms. The summed E-state index contributed by atoms with van der Waals surface area (Å²) in [6, 6.07) is 23.3. The molecule has 0 saturated heterocycles. The fourth-order valence-electron chi connectivity index (χ4n) is 4.63. The average Bonchev–Trinajstić information content (AvgIpc) is 2.94. The normalized spacial score (nSPS) is 12.8. The van der Waals surface area contributed by atoms with Crippen molar-refractivity contribution in [2.75, 3.05) is 17.1 Å². The van der Waals surface area contributed by atoms with Crippen molar-refractivity contribution in [2.45, 2.75) is 65.1 Å². The largest absolute Gasteiger partial charge is 0.352 e. The van der Waals surface area contributed by atoms with Crippen LogP contribution in [-0.4, -0.2) is 50.0 Å². The van der Waals surface area contributed by atoms with Crippen LogP contribution in [0.3, 0.4) is 0 Å². The summed E-state index contributed by atoms with van der Waals surface area (Å²) < 4.78 is 26.7. The number of aryl methyl sites for hydroxylation is 1. The number of nitrogens with one attached hydrogen (secondary N) is 1. The molecule has 9 heteroatoms. The van der Waals surface area contributed by atoms with Crippen LogP contribution in [0, 0.1) is 6.92 Å². The van der Waals surface area contributed by atoms with Crippen LogP contribution in [0.1, 0.15) is 49.8 Å². The third-order valence-corrected chi connectivity index (χ3v) is 8.66. The third-order valence-electron chi connectivity index (χ3n) is 7.11. The maximum absolute atomic E-state index is 13.9. The van der Waals surface area contributed by atoms with E-state index in [1.807, 2.05) is 81.4 Å². The first-order valence-corrected chi connectivity index (χ1v) is 16.1. The van der Waals surface area contributed by atoms with Crippen molar-refractivity contribution in [1.82, 2.24) is 10.2 Å². The molecule has 0 saturated carbocycles. The van der Waals surface area contributed by atoms with Crippen molar-refractivity contribution in [3.63, 3.8) is 0 Å². The van der Waals surface area contributed by atoms with Gasteiger partial charge in [0.25, 0.3) is 0 Å². The Morgan fingerprint density at radius 1 is 0.951 bits per heavy atom. The maximum Gasteiger partial charge on any atom is 0.243 e. The van der Waals surface area contributed by atoms with E-state index < -0.39 is 16.1 Å². The lowest BCUT2D eigenvalue weighted by Gasteiger charge is -2.33. The van der Waals surface area contributed by atoms with Crippen LogP contribution in [0.2, 0.25) is 5.02 Å². The zero-order valence-electron chi connectivity index (χ0n) is 24.2. The number of carbonyl (C=O) groups excluding carboxylic acids is 2. The molecule has 2 amide bonds. The summed E-state index contributed by atoms with van der Waals surface area (Å²) in [5.74, 6) is -0.482. The summed E-state index contributed by atoms with van der Waals surface area (Å²) in [5.41, 5.74) is 3.07. The first-order chi connectivity index (χ1) is 19.5. The van der Waals surface area contributed by atoms with E-state index in [1.54, 1.807) is 23.1 Å². The quantitative estimate of drug-likeness (QED) is 0.256. The molecular formula is C32H40ClN3O4S. The number of para-hydroxylation sites is 1. The molecule has 3 aromatic carbocycles. The Morgan fingerprint density at radius 2 is 1.59 bits per heavy atom. The summed E-state index contributed by atoms with van der Waals surface area (Å²) in [6.07, 6.45) is 2.59. The molecule has 3 aromatic rings. The van der Waals surface area contributed by atoms with E-state index >= 15 is 0 Å². The van der Waals surface area contributed by atoms with Gasteiger partial charge in [0.2, 0.25) is 21.8 Å². The number of benzene rings is 3. The topological polar surface area (TPSA) is 86.8 Å². The lowest BCUT2D eigenvalue weighted by Crippen LogP contribution is -2.52. The van der Waals surface area contributed by atoms with Gasteiger partial charge in [-0.2, -0.15) is 0 Å². The van der Waals surface area contributed by atoms with Gasteiger partial charge in [0.05, 0.1) is 11.9 Å². The van der Waals surface area contributed by atoms with Gasteiger partial charge < -0.3 is 10.2 Å². The molecule has 0 radical (unpaired) electrons. The second kappa shape index (κ2) is 15.0. The second-order valence-corrected chi connectivity index (χ2v) is 12.7. The Kier molecular flexibility index (Phi) is 11.8. The minimum atomic E-state index is -3.57. The molecule has 220 valence electrons. The van der Waals surface area contributed by atoms with Crippen LogP contribution in [0.15, 0.2) is 78.9 Å². The predicted octanol–water partition coefficient (Wildman–Crippen LogP) is 5.75. The van der Waals surface area contributed by atoms with Crippen molar-refractivity contribution in [2.24, 2.45) is 0 Å². The highest BCUT2D eigenvalue weighted by molar-refractivity contribution is 7.92. The van der Waals surface area contributed by atoms with Crippen LogP contribution in [0.5, 0.6) is 0 Å². The monoisotopic (exact) mass is 597 g/mol. The van der Waals surface area contributed by atoms with Crippen molar-refractivity contribution < 1.29 is 18.0 Å². The number of nitrogens with zero attached hydrogens (tertiary/aromatic N) is 2. The summed E-state index contributed by atoms with van der Waals surface area (Å²) in [4.78, 5) is 29.2. The Labute approximate surface area is 249 Å². The number of anilines is 1. The Balaban J connectivity index is 1.91. The molecule has 0 aliphatic heterocycles. The van der Waals surface area contributed by atoms with Crippen LogP contribution >= 0.6 is 11.6 Å². The van der Waals surface area contributed by atoms with Crippen LogP contribution in [0.4, 0.5) is 5.69 Å². The predicted molar refractivity (Wildman–Crippen MR) is 166 cm³/mol. The highest BCUT2D eigenvalue weighted by Crippen LogP contribution is 2.24. The van der Waals surface area contributed by atoms with Crippen molar-refractivity contribution in [3.8, 4) is 0 Å². The zero-order valence-corrected chi connectivity index (χ0v) is 25.8. The number of hydrogen-bond donors (Lipinski definition) is 1. The van der Waals surface area contributed by atoms with E-state index in [2.05, 4.69) is 5.32 Å². The SMILES string of the molecule is CC[C@H](C)NC(=O)[C@H](Cc1ccccc1)N(Cc1ccccc1Cl)C(=O)CCCN(c1ccccc1C)S(C)(=O)=O. The minimum absolute atomic E-state index is 0.0598. The molecule has 41 heavy (non-hydrogen) atoms. The van der Waals surface area contributed by atoms with E-state index in [4.69, 9.17) is 11.6 Å². The molecule has 0 aliphatic carbocycles. The number of hydrogen-bond acceptors (Lipinski definition) is 4. The van der Waals surface area contributed by atoms with Gasteiger partial charge in [0.15, 0.2) is 0 Å². The lowest BCUT2D eigenvalue weighted by molar-refractivity contribution is -0.141. The maximum atomic E-state index is 13.9. The minimum Gasteiger partial charge on any atom is -0.352 e. The number of amides is 2.